The molecule has 0 fully saturated rings. The molecule has 0 radical (unpaired) electrons. The van der Waals surface area contributed by atoms with E-state index in [2.05, 4.69) is 15.2 Å². The van der Waals surface area contributed by atoms with Crippen LogP contribution in [0.2, 0.25) is 0 Å². The third-order valence-electron chi connectivity index (χ3n) is 1.52. The minimum atomic E-state index is -0.187. The van der Waals surface area contributed by atoms with Gasteiger partial charge in [0.25, 0.3) is 0 Å². The van der Waals surface area contributed by atoms with Crippen molar-refractivity contribution in [2.75, 3.05) is 5.73 Å². The normalized spacial score (nSPS) is 10.5. The van der Waals surface area contributed by atoms with Crippen molar-refractivity contribution in [3.05, 3.63) is 22.6 Å². The Kier molecular flexibility index (Phi) is 1.00. The van der Waals surface area contributed by atoms with Gasteiger partial charge in [-0.15, -0.1) is 0 Å². The third kappa shape index (κ3) is 0.706. The Morgan fingerprint density at radius 2 is 2.36 bits per heavy atom. The molecule has 0 aliphatic carbocycles. The van der Waals surface area contributed by atoms with Gasteiger partial charge >= 0.3 is 0 Å². The van der Waals surface area contributed by atoms with Crippen LogP contribution in [0.4, 0.5) is 5.69 Å². The summed E-state index contributed by atoms with van der Waals surface area (Å²) in [6.07, 6.45) is 2.90. The van der Waals surface area contributed by atoms with E-state index in [0.29, 0.717) is 11.0 Å². The standard InChI is InChI=1S/C6H6N4O/c7-4-2-8-6-3(5(4)11)1-9-10-6/h1-2H,7H2,(H2,8,9,10,11). The molecule has 0 unspecified atom stereocenters. The topological polar surface area (TPSA) is 87.6 Å². The highest BCUT2D eigenvalue weighted by atomic mass is 16.1. The summed E-state index contributed by atoms with van der Waals surface area (Å²) < 4.78 is 0. The van der Waals surface area contributed by atoms with Crippen LogP contribution in [0.5, 0.6) is 0 Å². The molecule has 0 amide bonds. The van der Waals surface area contributed by atoms with Crippen molar-refractivity contribution >= 4 is 16.7 Å². The van der Waals surface area contributed by atoms with Crippen molar-refractivity contribution in [1.82, 2.24) is 15.2 Å². The molecule has 0 aliphatic rings. The van der Waals surface area contributed by atoms with E-state index in [1.165, 1.54) is 12.4 Å². The second-order valence-electron chi connectivity index (χ2n) is 2.23. The lowest BCUT2D eigenvalue weighted by Gasteiger charge is -1.90. The third-order valence-corrected chi connectivity index (χ3v) is 1.52. The Balaban J connectivity index is 3.05. The number of rotatable bonds is 0. The Labute approximate surface area is 61.2 Å². The molecule has 0 spiro atoms. The monoisotopic (exact) mass is 150 g/mol. The Hall–Kier alpha value is -1.78. The van der Waals surface area contributed by atoms with Crippen molar-refractivity contribution in [3.63, 3.8) is 0 Å². The SMILES string of the molecule is Nc1c[nH]c2[nH]ncc2c1=O. The van der Waals surface area contributed by atoms with E-state index in [0.717, 1.165) is 0 Å². The molecule has 0 saturated heterocycles. The van der Waals surface area contributed by atoms with Gasteiger partial charge in [-0.1, -0.05) is 0 Å². The maximum atomic E-state index is 11.2. The first-order valence-corrected chi connectivity index (χ1v) is 3.09. The van der Waals surface area contributed by atoms with Crippen LogP contribution in [0, 0.1) is 0 Å². The van der Waals surface area contributed by atoms with Gasteiger partial charge in [0, 0.05) is 6.20 Å². The molecule has 5 nitrogen and oxygen atoms in total. The first kappa shape index (κ1) is 5.96. The second kappa shape index (κ2) is 1.85. The van der Waals surface area contributed by atoms with Gasteiger partial charge in [-0.25, -0.2) is 0 Å². The number of nitrogen functional groups attached to an aromatic ring is 1. The molecule has 0 aromatic carbocycles. The van der Waals surface area contributed by atoms with Crippen molar-refractivity contribution in [2.45, 2.75) is 0 Å². The molecule has 11 heavy (non-hydrogen) atoms. The van der Waals surface area contributed by atoms with Crippen LogP contribution in [0.15, 0.2) is 17.2 Å². The maximum absolute atomic E-state index is 11.2. The van der Waals surface area contributed by atoms with Crippen LogP contribution in [0.25, 0.3) is 11.0 Å². The molecule has 2 aromatic rings. The Morgan fingerprint density at radius 3 is 3.18 bits per heavy atom. The van der Waals surface area contributed by atoms with Crippen LogP contribution in [-0.4, -0.2) is 15.2 Å². The molecule has 0 atom stereocenters. The van der Waals surface area contributed by atoms with Gasteiger partial charge in [0.05, 0.1) is 17.3 Å². The summed E-state index contributed by atoms with van der Waals surface area (Å²) in [4.78, 5) is 14.0. The fourth-order valence-electron chi connectivity index (χ4n) is 0.939. The van der Waals surface area contributed by atoms with Gasteiger partial charge in [-0.3, -0.25) is 9.89 Å². The van der Waals surface area contributed by atoms with Crippen LogP contribution < -0.4 is 11.2 Å². The van der Waals surface area contributed by atoms with Gasteiger partial charge in [0.1, 0.15) is 5.65 Å². The highest BCUT2D eigenvalue weighted by molar-refractivity contribution is 5.76. The molecule has 56 valence electrons. The molecular weight excluding hydrogens is 144 g/mol. The average Bonchev–Trinajstić information content (AvgIpc) is 2.45. The molecule has 4 N–H and O–H groups in total. The number of aromatic amines is 2. The van der Waals surface area contributed by atoms with Gasteiger partial charge in [-0.2, -0.15) is 5.10 Å². The van der Waals surface area contributed by atoms with E-state index in [-0.39, 0.29) is 11.1 Å². The molecule has 0 aliphatic heterocycles. The number of hydrogen-bond acceptors (Lipinski definition) is 3. The highest BCUT2D eigenvalue weighted by Gasteiger charge is 2.01. The summed E-state index contributed by atoms with van der Waals surface area (Å²) in [7, 11) is 0. The van der Waals surface area contributed by atoms with Crippen LogP contribution in [0.1, 0.15) is 0 Å². The number of hydrogen-bond donors (Lipinski definition) is 3. The van der Waals surface area contributed by atoms with Crippen molar-refractivity contribution in [2.24, 2.45) is 0 Å². The Bertz CT molecular complexity index is 441. The van der Waals surface area contributed by atoms with Crippen LogP contribution in [0.3, 0.4) is 0 Å². The lowest BCUT2D eigenvalue weighted by atomic mass is 10.3. The van der Waals surface area contributed by atoms with E-state index in [9.17, 15) is 4.79 Å². The fourth-order valence-corrected chi connectivity index (χ4v) is 0.939. The molecule has 0 bridgehead atoms. The minimum Gasteiger partial charge on any atom is -0.394 e. The van der Waals surface area contributed by atoms with Crippen molar-refractivity contribution in [3.8, 4) is 0 Å². The molecule has 2 heterocycles. The van der Waals surface area contributed by atoms with Crippen molar-refractivity contribution < 1.29 is 0 Å². The summed E-state index contributed by atoms with van der Waals surface area (Å²) in [6, 6.07) is 0. The van der Waals surface area contributed by atoms with Crippen molar-refractivity contribution in [1.29, 1.82) is 0 Å². The highest BCUT2D eigenvalue weighted by Crippen LogP contribution is 2.02. The zero-order valence-corrected chi connectivity index (χ0v) is 5.59. The number of nitrogens with one attached hydrogen (secondary N) is 2. The zero-order valence-electron chi connectivity index (χ0n) is 5.59. The van der Waals surface area contributed by atoms with Gasteiger partial charge in [0.15, 0.2) is 0 Å². The zero-order chi connectivity index (χ0) is 7.84. The second-order valence-corrected chi connectivity index (χ2v) is 2.23. The quantitative estimate of drug-likeness (QED) is 0.487. The molecule has 2 rings (SSSR count). The van der Waals surface area contributed by atoms with E-state index >= 15 is 0 Å². The predicted molar refractivity (Wildman–Crippen MR) is 41.1 cm³/mol. The minimum absolute atomic E-state index is 0.187. The van der Waals surface area contributed by atoms with Crippen LogP contribution in [-0.2, 0) is 0 Å². The molecule has 5 heteroatoms. The number of nitrogens with two attached hydrogens (primary N) is 1. The van der Waals surface area contributed by atoms with Gasteiger partial charge < -0.3 is 10.7 Å². The predicted octanol–water partition coefficient (Wildman–Crippen LogP) is -0.167. The molecular formula is C6H6N4O. The smallest absolute Gasteiger partial charge is 0.215 e. The van der Waals surface area contributed by atoms with Gasteiger partial charge in [0.2, 0.25) is 5.43 Å². The summed E-state index contributed by atoms with van der Waals surface area (Å²) in [5, 5.41) is 6.81. The van der Waals surface area contributed by atoms with E-state index in [1.54, 1.807) is 0 Å². The van der Waals surface area contributed by atoms with Gasteiger partial charge in [-0.05, 0) is 0 Å². The summed E-state index contributed by atoms with van der Waals surface area (Å²) in [6.45, 7) is 0. The maximum Gasteiger partial charge on any atom is 0.215 e. The number of H-pyrrole nitrogens is 2. The number of fused-ring (bicyclic) bond motifs is 1. The Morgan fingerprint density at radius 1 is 1.55 bits per heavy atom. The number of aromatic nitrogens is 3. The van der Waals surface area contributed by atoms with Crippen LogP contribution >= 0.6 is 0 Å². The summed E-state index contributed by atoms with van der Waals surface area (Å²) in [5.74, 6) is 0. The first-order valence-electron chi connectivity index (χ1n) is 3.09. The number of anilines is 1. The molecule has 0 saturated carbocycles. The summed E-state index contributed by atoms with van der Waals surface area (Å²) in [5.41, 5.74) is 5.98. The lowest BCUT2D eigenvalue weighted by molar-refractivity contribution is 1.10. The van der Waals surface area contributed by atoms with E-state index < -0.39 is 0 Å². The lowest BCUT2D eigenvalue weighted by Crippen LogP contribution is -2.07. The largest absolute Gasteiger partial charge is 0.394 e. The van der Waals surface area contributed by atoms with E-state index in [4.69, 9.17) is 5.73 Å². The molecule has 2 aromatic heterocycles. The number of pyridine rings is 1. The number of nitrogens with zero attached hydrogens (tertiary/aromatic N) is 1. The fraction of sp³-hybridized carbons (Fsp3) is 0. The summed E-state index contributed by atoms with van der Waals surface area (Å²) >= 11 is 0. The van der Waals surface area contributed by atoms with E-state index in [1.807, 2.05) is 0 Å². The first-order chi connectivity index (χ1) is 5.29. The average molecular weight is 150 g/mol.